The third-order valence-electron chi connectivity index (χ3n) is 4.52. The Balaban J connectivity index is 4.13. The normalized spacial score (nSPS) is 13.5. The van der Waals surface area contributed by atoms with E-state index in [1.54, 1.807) is 0 Å². The highest BCUT2D eigenvalue weighted by atomic mass is 32.2. The number of carbonyl (C=O) groups is 2. The van der Waals surface area contributed by atoms with Gasteiger partial charge in [-0.2, -0.15) is 0 Å². The minimum atomic E-state index is -0.868. The molecule has 0 saturated carbocycles. The first-order chi connectivity index (χ1) is 12.0. The van der Waals surface area contributed by atoms with Crippen molar-refractivity contribution in [3.8, 4) is 0 Å². The van der Waals surface area contributed by atoms with E-state index in [9.17, 15) is 19.8 Å². The lowest BCUT2D eigenvalue weighted by Gasteiger charge is -2.18. The lowest BCUT2D eigenvalue weighted by molar-refractivity contribution is -0.136. The molecule has 4 nitrogen and oxygen atoms in total. The molecule has 2 N–H and O–H groups in total. The van der Waals surface area contributed by atoms with E-state index in [4.69, 9.17) is 0 Å². The van der Waals surface area contributed by atoms with E-state index >= 15 is 0 Å². The molecule has 0 aliphatic heterocycles. The maximum Gasteiger partial charge on any atom is 0.316 e. The Bertz CT molecular complexity index is 315. The van der Waals surface area contributed by atoms with Crippen LogP contribution in [0.3, 0.4) is 0 Å². The molecule has 0 heterocycles. The average Bonchev–Trinajstić information content (AvgIpc) is 2.57. The summed E-state index contributed by atoms with van der Waals surface area (Å²) in [6.07, 6.45) is 14.5. The molecule has 2 unspecified atom stereocenters. The van der Waals surface area contributed by atoms with E-state index < -0.39 is 22.4 Å². The molecule has 0 aromatic rings. The number of rotatable bonds is 18. The van der Waals surface area contributed by atoms with Crippen LogP contribution in [0.2, 0.25) is 0 Å². The minimum absolute atomic E-state index is 0.576. The van der Waals surface area contributed by atoms with E-state index in [0.29, 0.717) is 12.8 Å². The van der Waals surface area contributed by atoms with Crippen molar-refractivity contribution < 1.29 is 19.8 Å². The van der Waals surface area contributed by atoms with Gasteiger partial charge < -0.3 is 10.2 Å². The van der Waals surface area contributed by atoms with Gasteiger partial charge in [-0.05, 0) is 12.8 Å². The average molecular weight is 375 g/mol. The molecule has 0 aliphatic carbocycles. The van der Waals surface area contributed by atoms with E-state index in [2.05, 4.69) is 13.8 Å². The Morgan fingerprint density at radius 3 is 1.28 bits per heavy atom. The van der Waals surface area contributed by atoms with Crippen LogP contribution in [0.4, 0.5) is 0 Å². The zero-order valence-corrected chi connectivity index (χ0v) is 17.0. The molecule has 0 aromatic carbocycles. The zero-order chi connectivity index (χ0) is 18.9. The molecule has 0 amide bonds. The third-order valence-corrected chi connectivity index (χ3v) is 6.05. The number of thioether (sulfide) groups is 1. The maximum atomic E-state index is 11.5. The van der Waals surface area contributed by atoms with Crippen LogP contribution in [0.1, 0.15) is 104 Å². The Hall–Kier alpha value is -0.710. The van der Waals surface area contributed by atoms with Crippen LogP contribution in [-0.4, -0.2) is 32.7 Å². The van der Waals surface area contributed by atoms with Gasteiger partial charge in [-0.3, -0.25) is 9.59 Å². The Labute approximate surface area is 158 Å². The summed E-state index contributed by atoms with van der Waals surface area (Å²) >= 11 is 1.14. The summed E-state index contributed by atoms with van der Waals surface area (Å²) in [6, 6.07) is 0. The van der Waals surface area contributed by atoms with Crippen LogP contribution < -0.4 is 0 Å². The highest BCUT2D eigenvalue weighted by Gasteiger charge is 2.26. The van der Waals surface area contributed by atoms with Gasteiger partial charge >= 0.3 is 11.9 Å². The number of aliphatic carboxylic acids is 2. The van der Waals surface area contributed by atoms with Gasteiger partial charge in [0.15, 0.2) is 0 Å². The molecule has 0 bridgehead atoms. The van der Waals surface area contributed by atoms with Crippen LogP contribution in [0.15, 0.2) is 0 Å². The highest BCUT2D eigenvalue weighted by molar-refractivity contribution is 8.01. The fourth-order valence-corrected chi connectivity index (χ4v) is 4.15. The van der Waals surface area contributed by atoms with Crippen LogP contribution in [0.5, 0.6) is 0 Å². The standard InChI is InChI=1S/C20H38O4S/c1-3-5-7-9-11-13-15-17(19(21)22)25-18(20(23)24)16-14-12-10-8-6-4-2/h17-18H,3-16H2,1-2H3,(H,21,22)(H,23,24). The van der Waals surface area contributed by atoms with Crippen molar-refractivity contribution >= 4 is 23.7 Å². The Morgan fingerprint density at radius 2 is 0.960 bits per heavy atom. The number of hydrogen-bond donors (Lipinski definition) is 2. The first-order valence-electron chi connectivity index (χ1n) is 10.1. The predicted octanol–water partition coefficient (Wildman–Crippen LogP) is 6.13. The molecule has 0 spiro atoms. The fraction of sp³-hybridized carbons (Fsp3) is 0.900. The molecule has 0 radical (unpaired) electrons. The van der Waals surface area contributed by atoms with Crippen molar-refractivity contribution in [1.29, 1.82) is 0 Å². The molecule has 0 fully saturated rings. The Morgan fingerprint density at radius 1 is 0.640 bits per heavy atom. The fourth-order valence-electron chi connectivity index (χ4n) is 2.92. The van der Waals surface area contributed by atoms with Gasteiger partial charge in [-0.1, -0.05) is 90.9 Å². The van der Waals surface area contributed by atoms with Gasteiger partial charge in [-0.15, -0.1) is 11.8 Å². The van der Waals surface area contributed by atoms with Crippen molar-refractivity contribution in [3.63, 3.8) is 0 Å². The summed E-state index contributed by atoms with van der Waals surface area (Å²) in [5.41, 5.74) is 0. The molecule has 2 atom stereocenters. The molecule has 0 rings (SSSR count). The number of unbranched alkanes of at least 4 members (excludes halogenated alkanes) is 10. The van der Waals surface area contributed by atoms with Crippen molar-refractivity contribution in [2.75, 3.05) is 0 Å². The summed E-state index contributed by atoms with van der Waals surface area (Å²) in [5, 5.41) is 17.6. The summed E-state index contributed by atoms with van der Waals surface area (Å²) < 4.78 is 0. The van der Waals surface area contributed by atoms with E-state index in [0.717, 1.165) is 50.3 Å². The van der Waals surface area contributed by atoms with Gasteiger partial charge in [0.25, 0.3) is 0 Å². The van der Waals surface area contributed by atoms with Crippen molar-refractivity contribution in [3.05, 3.63) is 0 Å². The third kappa shape index (κ3) is 14.2. The Kier molecular flexibility index (Phi) is 16.3. The summed E-state index contributed by atoms with van der Waals surface area (Å²) in [5.74, 6) is -1.74. The van der Waals surface area contributed by atoms with Crippen LogP contribution >= 0.6 is 11.8 Å². The molecular formula is C20H38O4S. The van der Waals surface area contributed by atoms with Gasteiger partial charge in [0.2, 0.25) is 0 Å². The summed E-state index contributed by atoms with van der Waals surface area (Å²) in [7, 11) is 0. The first-order valence-corrected chi connectivity index (χ1v) is 11.1. The molecule has 25 heavy (non-hydrogen) atoms. The molecule has 5 heteroatoms. The van der Waals surface area contributed by atoms with Crippen LogP contribution in [0.25, 0.3) is 0 Å². The number of carboxylic acid groups (broad SMARTS) is 2. The zero-order valence-electron chi connectivity index (χ0n) is 16.2. The van der Waals surface area contributed by atoms with Gasteiger partial charge in [-0.25, -0.2) is 0 Å². The van der Waals surface area contributed by atoms with Gasteiger partial charge in [0.05, 0.1) is 0 Å². The largest absolute Gasteiger partial charge is 0.480 e. The smallest absolute Gasteiger partial charge is 0.316 e. The molecule has 0 aliphatic rings. The van der Waals surface area contributed by atoms with Gasteiger partial charge in [0, 0.05) is 0 Å². The molecule has 0 aromatic heterocycles. The second kappa shape index (κ2) is 16.7. The number of hydrogen-bond acceptors (Lipinski definition) is 3. The van der Waals surface area contributed by atoms with Crippen molar-refractivity contribution in [1.82, 2.24) is 0 Å². The quantitative estimate of drug-likeness (QED) is 0.282. The van der Waals surface area contributed by atoms with E-state index in [1.165, 1.54) is 38.5 Å². The van der Waals surface area contributed by atoms with E-state index in [1.807, 2.05) is 0 Å². The van der Waals surface area contributed by atoms with Crippen LogP contribution in [0, 0.1) is 0 Å². The lowest BCUT2D eigenvalue weighted by Crippen LogP contribution is -2.25. The van der Waals surface area contributed by atoms with Crippen LogP contribution in [-0.2, 0) is 9.59 Å². The lowest BCUT2D eigenvalue weighted by atomic mass is 10.1. The highest BCUT2D eigenvalue weighted by Crippen LogP contribution is 2.27. The first kappa shape index (κ1) is 24.3. The van der Waals surface area contributed by atoms with Crippen molar-refractivity contribution in [2.45, 2.75) is 114 Å². The molecule has 0 saturated heterocycles. The molecular weight excluding hydrogens is 336 g/mol. The van der Waals surface area contributed by atoms with E-state index in [-0.39, 0.29) is 0 Å². The SMILES string of the molecule is CCCCCCCCC(SC(CCCCCCCC)C(=O)O)C(=O)O. The summed E-state index contributed by atoms with van der Waals surface area (Å²) in [4.78, 5) is 22.9. The van der Waals surface area contributed by atoms with Crippen molar-refractivity contribution in [2.24, 2.45) is 0 Å². The molecule has 148 valence electrons. The minimum Gasteiger partial charge on any atom is -0.480 e. The maximum absolute atomic E-state index is 11.5. The van der Waals surface area contributed by atoms with Gasteiger partial charge in [0.1, 0.15) is 10.5 Å². The second-order valence-electron chi connectivity index (χ2n) is 6.90. The summed E-state index contributed by atoms with van der Waals surface area (Å²) in [6.45, 7) is 4.35. The topological polar surface area (TPSA) is 74.6 Å². The number of carboxylic acids is 2. The second-order valence-corrected chi connectivity index (χ2v) is 8.31. The predicted molar refractivity (Wildman–Crippen MR) is 106 cm³/mol. The monoisotopic (exact) mass is 374 g/mol.